The molecule has 1 atom stereocenters. The second kappa shape index (κ2) is 8.17. The van der Waals surface area contributed by atoms with Crippen LogP contribution in [0.15, 0.2) is 12.7 Å². The number of hydrogen-bond acceptors (Lipinski definition) is 2. The number of carbonyl (C=O) groups excluding carboxylic acids is 1. The lowest BCUT2D eigenvalue weighted by Crippen LogP contribution is -2.30. The van der Waals surface area contributed by atoms with Crippen molar-refractivity contribution in [2.75, 3.05) is 5.75 Å². The number of carbonyl (C=O) groups is 1. The van der Waals surface area contributed by atoms with Crippen LogP contribution in [0.4, 0.5) is 0 Å². The third kappa shape index (κ3) is 7.91. The molecule has 0 aliphatic carbocycles. The maximum atomic E-state index is 11.2. The van der Waals surface area contributed by atoms with Gasteiger partial charge in [0.25, 0.3) is 0 Å². The van der Waals surface area contributed by atoms with Gasteiger partial charge in [-0.05, 0) is 25.5 Å². The average Bonchev–Trinajstić information content (AvgIpc) is 2.11. The molecule has 0 aromatic carbocycles. The molecule has 0 aromatic heterocycles. The summed E-state index contributed by atoms with van der Waals surface area (Å²) in [7, 11) is 0. The normalized spacial score (nSPS) is 12.2. The van der Waals surface area contributed by atoms with E-state index >= 15 is 0 Å². The molecule has 0 aliphatic rings. The highest BCUT2D eigenvalue weighted by Gasteiger charge is 2.05. The zero-order valence-electron chi connectivity index (χ0n) is 8.51. The van der Waals surface area contributed by atoms with Gasteiger partial charge in [-0.25, -0.2) is 0 Å². The Labute approximate surface area is 85.2 Å². The Morgan fingerprint density at radius 3 is 2.92 bits per heavy atom. The van der Waals surface area contributed by atoms with Crippen molar-refractivity contribution in [3.8, 4) is 0 Å². The van der Waals surface area contributed by atoms with Crippen molar-refractivity contribution in [2.24, 2.45) is 0 Å². The smallest absolute Gasteiger partial charge is 0.221 e. The SMILES string of the molecule is C=CCCC(=O)NC(C)SCCC. The van der Waals surface area contributed by atoms with Gasteiger partial charge in [0.1, 0.15) is 0 Å². The quantitative estimate of drug-likeness (QED) is 0.506. The largest absolute Gasteiger partial charge is 0.345 e. The molecule has 0 radical (unpaired) electrons. The van der Waals surface area contributed by atoms with Crippen molar-refractivity contribution < 1.29 is 4.79 Å². The minimum absolute atomic E-state index is 0.121. The fourth-order valence-corrected chi connectivity index (χ4v) is 1.67. The lowest BCUT2D eigenvalue weighted by Gasteiger charge is -2.12. The first kappa shape index (κ1) is 12.6. The summed E-state index contributed by atoms with van der Waals surface area (Å²) < 4.78 is 0. The van der Waals surface area contributed by atoms with Gasteiger partial charge in [-0.1, -0.05) is 13.0 Å². The summed E-state index contributed by atoms with van der Waals surface area (Å²) >= 11 is 1.78. The summed E-state index contributed by atoms with van der Waals surface area (Å²) in [6.45, 7) is 7.73. The van der Waals surface area contributed by atoms with E-state index in [4.69, 9.17) is 0 Å². The van der Waals surface area contributed by atoms with Crippen molar-refractivity contribution in [3.63, 3.8) is 0 Å². The van der Waals surface area contributed by atoms with Gasteiger partial charge in [0.05, 0.1) is 5.37 Å². The van der Waals surface area contributed by atoms with Crippen LogP contribution in [0.25, 0.3) is 0 Å². The number of nitrogens with one attached hydrogen (secondary N) is 1. The molecule has 0 spiro atoms. The van der Waals surface area contributed by atoms with Gasteiger partial charge < -0.3 is 5.32 Å². The number of allylic oxidation sites excluding steroid dienone is 1. The number of thioether (sulfide) groups is 1. The van der Waals surface area contributed by atoms with E-state index in [1.54, 1.807) is 17.8 Å². The molecule has 0 saturated carbocycles. The Hall–Kier alpha value is -0.440. The minimum Gasteiger partial charge on any atom is -0.345 e. The highest BCUT2D eigenvalue weighted by atomic mass is 32.2. The van der Waals surface area contributed by atoms with Crippen molar-refractivity contribution in [1.82, 2.24) is 5.32 Å². The summed E-state index contributed by atoms with van der Waals surface area (Å²) in [4.78, 5) is 11.2. The Morgan fingerprint density at radius 1 is 1.69 bits per heavy atom. The molecule has 1 amide bonds. The highest BCUT2D eigenvalue weighted by Crippen LogP contribution is 2.08. The van der Waals surface area contributed by atoms with E-state index in [0.717, 1.165) is 18.6 Å². The van der Waals surface area contributed by atoms with Gasteiger partial charge in [-0.3, -0.25) is 4.79 Å². The van der Waals surface area contributed by atoms with Crippen LogP contribution in [0.3, 0.4) is 0 Å². The van der Waals surface area contributed by atoms with Crippen molar-refractivity contribution in [3.05, 3.63) is 12.7 Å². The van der Waals surface area contributed by atoms with Crippen molar-refractivity contribution >= 4 is 17.7 Å². The van der Waals surface area contributed by atoms with Crippen LogP contribution in [0, 0.1) is 0 Å². The predicted octanol–water partition coefficient (Wildman–Crippen LogP) is 2.56. The highest BCUT2D eigenvalue weighted by molar-refractivity contribution is 7.99. The summed E-state index contributed by atoms with van der Waals surface area (Å²) in [5.41, 5.74) is 0. The van der Waals surface area contributed by atoms with Gasteiger partial charge in [-0.2, -0.15) is 0 Å². The summed E-state index contributed by atoms with van der Waals surface area (Å²) in [6.07, 6.45) is 4.23. The average molecular weight is 201 g/mol. The molecule has 0 saturated heterocycles. The number of hydrogen-bond donors (Lipinski definition) is 1. The Balaban J connectivity index is 3.46. The molecule has 13 heavy (non-hydrogen) atoms. The van der Waals surface area contributed by atoms with E-state index in [2.05, 4.69) is 18.8 Å². The van der Waals surface area contributed by atoms with E-state index in [-0.39, 0.29) is 11.3 Å². The monoisotopic (exact) mass is 201 g/mol. The second-order valence-electron chi connectivity index (χ2n) is 2.91. The number of rotatable bonds is 7. The molecule has 1 N–H and O–H groups in total. The molecule has 0 aliphatic heterocycles. The Kier molecular flexibility index (Phi) is 7.90. The first-order chi connectivity index (χ1) is 6.20. The minimum atomic E-state index is 0.121. The third-order valence-electron chi connectivity index (χ3n) is 1.51. The van der Waals surface area contributed by atoms with Crippen LogP contribution in [0.5, 0.6) is 0 Å². The molecule has 3 heteroatoms. The van der Waals surface area contributed by atoms with Crippen molar-refractivity contribution in [1.29, 1.82) is 0 Å². The molecule has 76 valence electrons. The molecule has 0 fully saturated rings. The number of amides is 1. The van der Waals surface area contributed by atoms with E-state index in [1.165, 1.54) is 0 Å². The van der Waals surface area contributed by atoms with Gasteiger partial charge >= 0.3 is 0 Å². The zero-order valence-corrected chi connectivity index (χ0v) is 9.32. The fraction of sp³-hybridized carbons (Fsp3) is 0.700. The molecule has 0 rings (SSSR count). The first-order valence-electron chi connectivity index (χ1n) is 4.72. The molecule has 1 unspecified atom stereocenters. The molecule has 0 bridgehead atoms. The lowest BCUT2D eigenvalue weighted by molar-refractivity contribution is -0.121. The maximum absolute atomic E-state index is 11.2. The van der Waals surface area contributed by atoms with E-state index in [9.17, 15) is 4.79 Å². The second-order valence-corrected chi connectivity index (χ2v) is 4.36. The third-order valence-corrected chi connectivity index (χ3v) is 2.77. The van der Waals surface area contributed by atoms with Crippen LogP contribution in [-0.4, -0.2) is 17.0 Å². The van der Waals surface area contributed by atoms with Crippen LogP contribution in [0.1, 0.15) is 33.1 Å². The molecule has 0 heterocycles. The van der Waals surface area contributed by atoms with E-state index in [1.807, 2.05) is 6.92 Å². The summed E-state index contributed by atoms with van der Waals surface area (Å²) in [6, 6.07) is 0. The van der Waals surface area contributed by atoms with Crippen LogP contribution < -0.4 is 5.32 Å². The van der Waals surface area contributed by atoms with Crippen LogP contribution >= 0.6 is 11.8 Å². The summed E-state index contributed by atoms with van der Waals surface area (Å²) in [5.74, 6) is 1.22. The zero-order chi connectivity index (χ0) is 10.1. The maximum Gasteiger partial charge on any atom is 0.221 e. The lowest BCUT2D eigenvalue weighted by atomic mass is 10.3. The van der Waals surface area contributed by atoms with Crippen LogP contribution in [0.2, 0.25) is 0 Å². The Bertz CT molecular complexity index is 159. The first-order valence-corrected chi connectivity index (χ1v) is 5.77. The van der Waals surface area contributed by atoms with E-state index in [0.29, 0.717) is 6.42 Å². The Morgan fingerprint density at radius 2 is 2.38 bits per heavy atom. The van der Waals surface area contributed by atoms with Gasteiger partial charge in [0.15, 0.2) is 0 Å². The van der Waals surface area contributed by atoms with Crippen molar-refractivity contribution in [2.45, 2.75) is 38.5 Å². The standard InChI is InChI=1S/C10H19NOS/c1-4-6-7-10(12)11-9(3)13-8-5-2/h4,9H,1,5-8H2,2-3H3,(H,11,12). The van der Waals surface area contributed by atoms with Gasteiger partial charge in [-0.15, -0.1) is 18.3 Å². The molecular weight excluding hydrogens is 182 g/mol. The van der Waals surface area contributed by atoms with Crippen LogP contribution in [-0.2, 0) is 4.79 Å². The molecule has 0 aromatic rings. The van der Waals surface area contributed by atoms with Gasteiger partial charge in [0, 0.05) is 6.42 Å². The molecule has 2 nitrogen and oxygen atoms in total. The topological polar surface area (TPSA) is 29.1 Å². The fourth-order valence-electron chi connectivity index (χ4n) is 0.868. The molecular formula is C10H19NOS. The summed E-state index contributed by atoms with van der Waals surface area (Å²) in [5, 5.41) is 3.16. The van der Waals surface area contributed by atoms with Gasteiger partial charge in [0.2, 0.25) is 5.91 Å². The predicted molar refractivity (Wildman–Crippen MR) is 59.8 cm³/mol. The van der Waals surface area contributed by atoms with E-state index < -0.39 is 0 Å².